The lowest BCUT2D eigenvalue weighted by Crippen LogP contribution is -2.51. The number of carbonyl (C=O) groups is 2. The maximum Gasteiger partial charge on any atom is 0.305 e. The van der Waals surface area contributed by atoms with Gasteiger partial charge in [0.05, 0.1) is 34.1 Å². The predicted octanol–water partition coefficient (Wildman–Crippen LogP) is 2.34. The number of nitro benzene ring substituents is 1. The molecule has 0 bridgehead atoms. The van der Waals surface area contributed by atoms with E-state index in [-0.39, 0.29) is 29.5 Å². The smallest absolute Gasteiger partial charge is 0.305 e. The van der Waals surface area contributed by atoms with E-state index in [1.165, 1.54) is 25.3 Å². The summed E-state index contributed by atoms with van der Waals surface area (Å²) in [6.07, 6.45) is -0.307. The van der Waals surface area contributed by atoms with Gasteiger partial charge in [-0.2, -0.15) is 0 Å². The monoisotopic (exact) mass is 376 g/mol. The first kappa shape index (κ1) is 20.2. The second-order valence-electron chi connectivity index (χ2n) is 5.27. The Bertz CT molecular complexity index is 642. The van der Waals surface area contributed by atoms with Crippen molar-refractivity contribution in [2.24, 2.45) is 0 Å². The number of nitrogens with zero attached hydrogens (tertiary/aromatic N) is 1. The number of rotatable bonds is 9. The van der Waals surface area contributed by atoms with Crippen molar-refractivity contribution in [3.63, 3.8) is 0 Å². The molecule has 0 aliphatic heterocycles. The Labute approximate surface area is 147 Å². The van der Waals surface area contributed by atoms with E-state index in [9.17, 15) is 19.7 Å². The van der Waals surface area contributed by atoms with Gasteiger partial charge in [0, 0.05) is 18.2 Å². The van der Waals surface area contributed by atoms with Crippen molar-refractivity contribution in [2.75, 3.05) is 19.5 Å². The van der Waals surface area contributed by atoms with Gasteiger partial charge in [-0.15, -0.1) is 11.8 Å². The second kappa shape index (κ2) is 8.86. The lowest BCUT2D eigenvalue weighted by molar-refractivity contribution is -0.387. The van der Waals surface area contributed by atoms with Crippen molar-refractivity contribution in [2.45, 2.75) is 23.8 Å². The maximum absolute atomic E-state index is 12.1. The topological polar surface area (TPSA) is 119 Å². The van der Waals surface area contributed by atoms with Gasteiger partial charge in [-0.1, -0.05) is 11.6 Å². The number of thioether (sulfide) groups is 1. The zero-order valence-electron chi connectivity index (χ0n) is 13.1. The van der Waals surface area contributed by atoms with Crippen LogP contribution in [-0.2, 0) is 14.3 Å². The first-order valence-corrected chi connectivity index (χ1v) is 8.12. The maximum atomic E-state index is 12.1. The second-order valence-corrected chi connectivity index (χ2v) is 6.72. The van der Waals surface area contributed by atoms with Crippen LogP contribution in [0.5, 0.6) is 0 Å². The largest absolute Gasteiger partial charge is 0.481 e. The van der Waals surface area contributed by atoms with E-state index >= 15 is 0 Å². The predicted molar refractivity (Wildman–Crippen MR) is 89.5 cm³/mol. The highest BCUT2D eigenvalue weighted by Crippen LogP contribution is 2.31. The van der Waals surface area contributed by atoms with Crippen LogP contribution in [0.2, 0.25) is 5.02 Å². The first-order valence-electron chi connectivity index (χ1n) is 6.75. The van der Waals surface area contributed by atoms with Crippen LogP contribution < -0.4 is 5.32 Å². The number of ether oxygens (including phenoxy) is 1. The van der Waals surface area contributed by atoms with Crippen LogP contribution in [-0.4, -0.2) is 46.9 Å². The molecular weight excluding hydrogens is 360 g/mol. The average molecular weight is 377 g/mol. The number of hydrogen-bond donors (Lipinski definition) is 2. The lowest BCUT2D eigenvalue weighted by Gasteiger charge is -2.28. The Morgan fingerprint density at radius 3 is 2.71 bits per heavy atom. The molecule has 0 heterocycles. The molecule has 10 heteroatoms. The molecule has 0 radical (unpaired) electrons. The number of halogens is 1. The van der Waals surface area contributed by atoms with E-state index < -0.39 is 22.3 Å². The lowest BCUT2D eigenvalue weighted by atomic mass is 9.99. The highest BCUT2D eigenvalue weighted by Gasteiger charge is 2.29. The summed E-state index contributed by atoms with van der Waals surface area (Å²) in [7, 11) is 1.40. The average Bonchev–Trinajstić information content (AvgIpc) is 2.44. The molecule has 1 atom stereocenters. The number of amides is 1. The van der Waals surface area contributed by atoms with E-state index in [4.69, 9.17) is 21.4 Å². The fraction of sp³-hybridized carbons (Fsp3) is 0.429. The molecule has 0 aliphatic carbocycles. The van der Waals surface area contributed by atoms with Crippen LogP contribution in [0, 0.1) is 10.1 Å². The van der Waals surface area contributed by atoms with E-state index in [1.54, 1.807) is 6.92 Å². The van der Waals surface area contributed by atoms with Gasteiger partial charge < -0.3 is 15.2 Å². The molecule has 0 aromatic heterocycles. The standard InChI is InChI=1S/C14H17ClN2O6S/c1-14(8-23-2,6-13(19)20)16-12(18)7-24-11-4-3-9(15)5-10(11)17(21)22/h3-5H,6-8H2,1-2H3,(H,16,18)(H,19,20). The van der Waals surface area contributed by atoms with Crippen LogP contribution in [0.3, 0.4) is 0 Å². The van der Waals surface area contributed by atoms with Crippen molar-refractivity contribution in [3.05, 3.63) is 33.3 Å². The van der Waals surface area contributed by atoms with Crippen molar-refractivity contribution in [1.82, 2.24) is 5.32 Å². The van der Waals surface area contributed by atoms with Gasteiger partial charge in [0.15, 0.2) is 0 Å². The molecule has 1 rings (SSSR count). The van der Waals surface area contributed by atoms with Gasteiger partial charge in [0.25, 0.3) is 5.69 Å². The molecule has 132 valence electrons. The van der Waals surface area contributed by atoms with Crippen LogP contribution in [0.25, 0.3) is 0 Å². The fourth-order valence-electron chi connectivity index (χ4n) is 2.05. The molecule has 1 aromatic rings. The van der Waals surface area contributed by atoms with E-state index in [2.05, 4.69) is 5.32 Å². The van der Waals surface area contributed by atoms with Crippen LogP contribution in [0.1, 0.15) is 13.3 Å². The third kappa shape index (κ3) is 6.34. The van der Waals surface area contributed by atoms with Gasteiger partial charge in [-0.25, -0.2) is 0 Å². The minimum Gasteiger partial charge on any atom is -0.481 e. The van der Waals surface area contributed by atoms with Gasteiger partial charge in [0.2, 0.25) is 5.91 Å². The number of aliphatic carboxylic acids is 1. The van der Waals surface area contributed by atoms with Crippen molar-refractivity contribution in [1.29, 1.82) is 0 Å². The van der Waals surface area contributed by atoms with Gasteiger partial charge >= 0.3 is 5.97 Å². The van der Waals surface area contributed by atoms with Crippen molar-refractivity contribution in [3.8, 4) is 0 Å². The molecule has 1 aromatic carbocycles. The number of nitro groups is 1. The van der Waals surface area contributed by atoms with Crippen molar-refractivity contribution < 1.29 is 24.4 Å². The summed E-state index contributed by atoms with van der Waals surface area (Å²) in [6, 6.07) is 4.17. The number of carboxylic acids is 1. The van der Waals surface area contributed by atoms with Crippen molar-refractivity contribution >= 4 is 40.9 Å². The van der Waals surface area contributed by atoms with Crippen LogP contribution >= 0.6 is 23.4 Å². The zero-order chi connectivity index (χ0) is 18.3. The Kier molecular flexibility index (Phi) is 7.46. The Hall–Kier alpha value is -1.84. The Morgan fingerprint density at radius 1 is 1.50 bits per heavy atom. The highest BCUT2D eigenvalue weighted by molar-refractivity contribution is 8.00. The van der Waals surface area contributed by atoms with Gasteiger partial charge in [0.1, 0.15) is 0 Å². The molecule has 0 saturated heterocycles. The normalized spacial score (nSPS) is 13.1. The van der Waals surface area contributed by atoms with E-state index in [1.807, 2.05) is 0 Å². The molecule has 1 amide bonds. The van der Waals surface area contributed by atoms with Gasteiger partial charge in [-0.3, -0.25) is 19.7 Å². The summed E-state index contributed by atoms with van der Waals surface area (Å²) in [5.74, 6) is -1.64. The summed E-state index contributed by atoms with van der Waals surface area (Å²) in [4.78, 5) is 33.7. The molecule has 2 N–H and O–H groups in total. The fourth-order valence-corrected chi connectivity index (χ4v) is 3.03. The van der Waals surface area contributed by atoms with Gasteiger partial charge in [-0.05, 0) is 19.1 Å². The number of benzene rings is 1. The quantitative estimate of drug-likeness (QED) is 0.385. The molecule has 1 unspecified atom stereocenters. The van der Waals surface area contributed by atoms with Crippen LogP contribution in [0.4, 0.5) is 5.69 Å². The molecule has 0 aliphatic rings. The highest BCUT2D eigenvalue weighted by atomic mass is 35.5. The third-order valence-electron chi connectivity index (χ3n) is 2.92. The number of carboxylic acid groups (broad SMARTS) is 1. The number of nitrogens with one attached hydrogen (secondary N) is 1. The summed E-state index contributed by atoms with van der Waals surface area (Å²) in [6.45, 7) is 1.58. The molecule has 0 spiro atoms. The number of hydrogen-bond acceptors (Lipinski definition) is 6. The zero-order valence-corrected chi connectivity index (χ0v) is 14.6. The summed E-state index contributed by atoms with van der Waals surface area (Å²) in [5.41, 5.74) is -1.25. The summed E-state index contributed by atoms with van der Waals surface area (Å²) in [5, 5.41) is 22.7. The number of methoxy groups -OCH3 is 1. The van der Waals surface area contributed by atoms with E-state index in [0.717, 1.165) is 11.8 Å². The molecular formula is C14H17ClN2O6S. The Balaban J connectivity index is 2.75. The number of carbonyl (C=O) groups excluding carboxylic acids is 1. The first-order chi connectivity index (χ1) is 11.2. The summed E-state index contributed by atoms with van der Waals surface area (Å²) >= 11 is 6.70. The molecule has 0 saturated carbocycles. The van der Waals surface area contributed by atoms with Crippen LogP contribution in [0.15, 0.2) is 23.1 Å². The Morgan fingerprint density at radius 2 is 2.17 bits per heavy atom. The minimum atomic E-state index is -1.07. The minimum absolute atomic E-state index is 0.0246. The summed E-state index contributed by atoms with van der Waals surface area (Å²) < 4.78 is 4.95. The molecule has 0 fully saturated rings. The molecule has 24 heavy (non-hydrogen) atoms. The molecule has 8 nitrogen and oxygen atoms in total. The third-order valence-corrected chi connectivity index (χ3v) is 4.22. The van der Waals surface area contributed by atoms with E-state index in [0.29, 0.717) is 4.90 Å². The SMILES string of the molecule is COCC(C)(CC(=O)O)NC(=O)CSc1ccc(Cl)cc1[N+](=O)[O-].